The molecule has 0 aliphatic heterocycles. The minimum Gasteiger partial charge on any atom is -0.490 e. The van der Waals surface area contributed by atoms with E-state index in [0.717, 1.165) is 5.56 Å². The number of H-pyrrole nitrogens is 1. The van der Waals surface area contributed by atoms with Crippen LogP contribution in [0.4, 0.5) is 0 Å². The van der Waals surface area contributed by atoms with Crippen molar-refractivity contribution in [3.05, 3.63) is 38.5 Å². The van der Waals surface area contributed by atoms with Crippen molar-refractivity contribution < 1.29 is 14.3 Å². The topological polar surface area (TPSA) is 76.2 Å². The molecule has 0 radical (unpaired) electrons. The number of nitrogens with zero attached hydrogens (tertiary/aromatic N) is 1. The lowest BCUT2D eigenvalue weighted by molar-refractivity contribution is 0.0945. The Labute approximate surface area is 151 Å². The van der Waals surface area contributed by atoms with Gasteiger partial charge in [0.1, 0.15) is 4.60 Å². The number of aromatic nitrogens is 2. The smallest absolute Gasteiger partial charge is 0.273 e. The number of rotatable bonds is 7. The van der Waals surface area contributed by atoms with Gasteiger partial charge in [-0.25, -0.2) is 0 Å². The number of hydrogen-bond acceptors (Lipinski definition) is 4. The fourth-order valence-electron chi connectivity index (χ4n) is 1.93. The number of nitrogens with one attached hydrogen (secondary N) is 2. The quantitative estimate of drug-likeness (QED) is 0.680. The zero-order chi connectivity index (χ0) is 16.8. The summed E-state index contributed by atoms with van der Waals surface area (Å²) < 4.78 is 12.3. The average molecular weight is 447 g/mol. The summed E-state index contributed by atoms with van der Waals surface area (Å²) in [5.74, 6) is 1.10. The summed E-state index contributed by atoms with van der Waals surface area (Å²) in [5.41, 5.74) is 1.21. The van der Waals surface area contributed by atoms with Crippen LogP contribution in [0.5, 0.6) is 11.5 Å². The van der Waals surface area contributed by atoms with E-state index in [1.54, 1.807) is 0 Å². The van der Waals surface area contributed by atoms with E-state index in [4.69, 9.17) is 9.47 Å². The second-order valence-corrected chi connectivity index (χ2v) is 6.12. The number of aromatic amines is 1. The van der Waals surface area contributed by atoms with Gasteiger partial charge < -0.3 is 14.8 Å². The molecular weight excluding hydrogens is 430 g/mol. The van der Waals surface area contributed by atoms with E-state index in [0.29, 0.717) is 46.0 Å². The van der Waals surface area contributed by atoms with Crippen LogP contribution in [0.25, 0.3) is 0 Å². The van der Waals surface area contributed by atoms with E-state index in [-0.39, 0.29) is 5.91 Å². The van der Waals surface area contributed by atoms with E-state index in [2.05, 4.69) is 47.4 Å². The van der Waals surface area contributed by atoms with Gasteiger partial charge in [-0.15, -0.1) is 0 Å². The van der Waals surface area contributed by atoms with Gasteiger partial charge in [0.2, 0.25) is 0 Å². The van der Waals surface area contributed by atoms with Gasteiger partial charge in [-0.05, 0) is 63.4 Å². The third-order valence-corrected chi connectivity index (χ3v) is 4.82. The molecule has 2 N–H and O–H groups in total. The predicted octanol–water partition coefficient (Wildman–Crippen LogP) is 3.66. The van der Waals surface area contributed by atoms with E-state index in [9.17, 15) is 4.79 Å². The molecule has 0 saturated heterocycles. The first kappa shape index (κ1) is 17.8. The molecule has 1 aromatic heterocycles. The molecule has 0 saturated carbocycles. The first-order chi connectivity index (χ1) is 11.1. The third kappa shape index (κ3) is 4.48. The summed E-state index contributed by atoms with van der Waals surface area (Å²) in [4.78, 5) is 12.1. The number of carbonyl (C=O) groups excluding carboxylic acids is 1. The van der Waals surface area contributed by atoms with E-state index in [1.165, 1.54) is 0 Å². The zero-order valence-corrected chi connectivity index (χ0v) is 16.0. The molecular formula is C15H17Br2N3O3. The van der Waals surface area contributed by atoms with Gasteiger partial charge in [0.15, 0.2) is 17.2 Å². The first-order valence-corrected chi connectivity index (χ1v) is 8.71. The van der Waals surface area contributed by atoms with Crippen LogP contribution in [0.15, 0.2) is 27.3 Å². The number of amides is 1. The molecule has 23 heavy (non-hydrogen) atoms. The van der Waals surface area contributed by atoms with E-state index in [1.807, 2.05) is 32.0 Å². The van der Waals surface area contributed by atoms with Crippen molar-refractivity contribution in [3.8, 4) is 11.5 Å². The second kappa shape index (κ2) is 8.35. The lowest BCUT2D eigenvalue weighted by atomic mass is 10.2. The van der Waals surface area contributed by atoms with Crippen LogP contribution in [-0.4, -0.2) is 29.3 Å². The highest BCUT2D eigenvalue weighted by atomic mass is 79.9. The largest absolute Gasteiger partial charge is 0.490 e. The van der Waals surface area contributed by atoms with Crippen molar-refractivity contribution in [3.63, 3.8) is 0 Å². The predicted molar refractivity (Wildman–Crippen MR) is 93.9 cm³/mol. The highest BCUT2D eigenvalue weighted by molar-refractivity contribution is 9.13. The molecule has 2 rings (SSSR count). The minimum atomic E-state index is -0.273. The Balaban J connectivity index is 2.06. The second-order valence-electron chi connectivity index (χ2n) is 4.53. The Morgan fingerprint density at radius 1 is 1.22 bits per heavy atom. The molecule has 0 spiro atoms. The monoisotopic (exact) mass is 445 g/mol. The summed E-state index contributed by atoms with van der Waals surface area (Å²) in [6.45, 7) is 5.31. The average Bonchev–Trinajstić information content (AvgIpc) is 2.87. The van der Waals surface area contributed by atoms with Crippen LogP contribution < -0.4 is 14.8 Å². The van der Waals surface area contributed by atoms with E-state index >= 15 is 0 Å². The zero-order valence-electron chi connectivity index (χ0n) is 12.8. The maximum absolute atomic E-state index is 12.1. The molecule has 0 atom stereocenters. The van der Waals surface area contributed by atoms with Crippen molar-refractivity contribution in [2.75, 3.05) is 13.2 Å². The minimum absolute atomic E-state index is 0.273. The SMILES string of the molecule is CCOc1ccc(CNC(=O)c2n[nH]c(Br)c2Br)cc1OCC. The standard InChI is InChI=1S/C15H17Br2N3O3/c1-3-22-10-6-5-9(7-11(10)23-4-2)8-18-15(21)13-12(16)14(17)20-19-13/h5-7H,3-4,8H2,1-2H3,(H,18,21)(H,19,20). The van der Waals surface area contributed by atoms with Gasteiger partial charge in [0.05, 0.1) is 17.7 Å². The van der Waals surface area contributed by atoms with Gasteiger partial charge in [-0.2, -0.15) is 5.10 Å². The van der Waals surface area contributed by atoms with Gasteiger partial charge >= 0.3 is 0 Å². The van der Waals surface area contributed by atoms with Gasteiger partial charge in [0, 0.05) is 6.54 Å². The molecule has 8 heteroatoms. The van der Waals surface area contributed by atoms with Crippen LogP contribution in [-0.2, 0) is 6.54 Å². The Kier molecular flexibility index (Phi) is 6.47. The lowest BCUT2D eigenvalue weighted by Gasteiger charge is -2.12. The normalized spacial score (nSPS) is 10.4. The molecule has 124 valence electrons. The Morgan fingerprint density at radius 2 is 1.91 bits per heavy atom. The van der Waals surface area contributed by atoms with Crippen LogP contribution in [0.1, 0.15) is 29.9 Å². The van der Waals surface area contributed by atoms with Gasteiger partial charge in [0.25, 0.3) is 5.91 Å². The molecule has 0 unspecified atom stereocenters. The molecule has 0 aliphatic rings. The fraction of sp³-hybridized carbons (Fsp3) is 0.333. The van der Waals surface area contributed by atoms with Gasteiger partial charge in [-0.1, -0.05) is 6.07 Å². The highest BCUT2D eigenvalue weighted by Crippen LogP contribution is 2.28. The Bertz CT molecular complexity index is 689. The van der Waals surface area contributed by atoms with Crippen molar-refractivity contribution in [2.45, 2.75) is 20.4 Å². The fourth-order valence-corrected chi connectivity index (χ4v) is 2.56. The first-order valence-electron chi connectivity index (χ1n) is 7.12. The van der Waals surface area contributed by atoms with Crippen molar-refractivity contribution >= 4 is 37.8 Å². The number of hydrogen-bond donors (Lipinski definition) is 2. The molecule has 6 nitrogen and oxygen atoms in total. The molecule has 0 aliphatic carbocycles. The van der Waals surface area contributed by atoms with Crippen LogP contribution >= 0.6 is 31.9 Å². The van der Waals surface area contributed by atoms with Crippen molar-refractivity contribution in [1.29, 1.82) is 0 Å². The summed E-state index contributed by atoms with van der Waals surface area (Å²) in [6, 6.07) is 5.60. The highest BCUT2D eigenvalue weighted by Gasteiger charge is 2.16. The van der Waals surface area contributed by atoms with Crippen LogP contribution in [0.2, 0.25) is 0 Å². The van der Waals surface area contributed by atoms with Gasteiger partial charge in [-0.3, -0.25) is 9.89 Å². The molecule has 0 fully saturated rings. The maximum atomic E-state index is 12.1. The Morgan fingerprint density at radius 3 is 2.52 bits per heavy atom. The summed E-state index contributed by atoms with van der Waals surface area (Å²) in [5, 5.41) is 9.44. The summed E-state index contributed by atoms with van der Waals surface area (Å²) in [7, 11) is 0. The molecule has 1 heterocycles. The summed E-state index contributed by atoms with van der Waals surface area (Å²) >= 11 is 6.55. The van der Waals surface area contributed by atoms with Crippen LogP contribution in [0.3, 0.4) is 0 Å². The third-order valence-electron chi connectivity index (χ3n) is 2.94. The number of halogens is 2. The van der Waals surface area contributed by atoms with Crippen LogP contribution in [0, 0.1) is 0 Å². The number of carbonyl (C=O) groups is 1. The van der Waals surface area contributed by atoms with E-state index < -0.39 is 0 Å². The number of ether oxygens (including phenoxy) is 2. The number of benzene rings is 1. The molecule has 1 aromatic carbocycles. The lowest BCUT2D eigenvalue weighted by Crippen LogP contribution is -2.23. The molecule has 2 aromatic rings. The van der Waals surface area contributed by atoms with Crippen molar-refractivity contribution in [1.82, 2.24) is 15.5 Å². The van der Waals surface area contributed by atoms with Crippen molar-refractivity contribution in [2.24, 2.45) is 0 Å². The summed E-state index contributed by atoms with van der Waals surface area (Å²) in [6.07, 6.45) is 0. The Hall–Kier alpha value is -1.54. The molecule has 1 amide bonds. The maximum Gasteiger partial charge on any atom is 0.273 e. The molecule has 0 bridgehead atoms.